The van der Waals surface area contributed by atoms with E-state index in [1.807, 2.05) is 6.07 Å². The first kappa shape index (κ1) is 11.7. The molecule has 0 amide bonds. The van der Waals surface area contributed by atoms with Gasteiger partial charge in [-0.05, 0) is 50.3 Å². The maximum Gasteiger partial charge on any atom is 0.124 e. The summed E-state index contributed by atoms with van der Waals surface area (Å²) >= 11 is 0. The molecule has 0 atom stereocenters. The van der Waals surface area contributed by atoms with Crippen molar-refractivity contribution in [3.05, 3.63) is 47.6 Å². The molecule has 1 fully saturated rings. The number of aryl methyl sites for hydroxylation is 3. The SMILES string of the molecule is Cc1nc2cc(CCc3ccon3)ccc2n1C1CC1. The minimum absolute atomic E-state index is 0.681. The van der Waals surface area contributed by atoms with Gasteiger partial charge in [-0.1, -0.05) is 11.2 Å². The van der Waals surface area contributed by atoms with E-state index < -0.39 is 0 Å². The van der Waals surface area contributed by atoms with Crippen LogP contribution < -0.4 is 0 Å². The zero-order chi connectivity index (χ0) is 13.5. The second-order valence-corrected chi connectivity index (χ2v) is 5.57. The van der Waals surface area contributed by atoms with Crippen LogP contribution in [0, 0.1) is 6.92 Å². The van der Waals surface area contributed by atoms with Crippen LogP contribution in [0.3, 0.4) is 0 Å². The molecule has 2 heterocycles. The Kier molecular flexibility index (Phi) is 2.62. The maximum atomic E-state index is 4.86. The maximum absolute atomic E-state index is 4.86. The summed E-state index contributed by atoms with van der Waals surface area (Å²) < 4.78 is 7.25. The van der Waals surface area contributed by atoms with Gasteiger partial charge >= 0.3 is 0 Å². The Hall–Kier alpha value is -2.10. The Morgan fingerprint density at radius 3 is 2.90 bits per heavy atom. The van der Waals surface area contributed by atoms with Crippen molar-refractivity contribution in [2.24, 2.45) is 0 Å². The highest BCUT2D eigenvalue weighted by Gasteiger charge is 2.26. The van der Waals surface area contributed by atoms with Gasteiger partial charge in [0, 0.05) is 12.1 Å². The Morgan fingerprint density at radius 2 is 2.15 bits per heavy atom. The van der Waals surface area contributed by atoms with E-state index in [4.69, 9.17) is 9.51 Å². The second-order valence-electron chi connectivity index (χ2n) is 5.57. The van der Waals surface area contributed by atoms with Crippen LogP contribution in [-0.4, -0.2) is 14.7 Å². The summed E-state index contributed by atoms with van der Waals surface area (Å²) in [6.45, 7) is 2.10. The van der Waals surface area contributed by atoms with Crippen LogP contribution in [0.15, 0.2) is 35.1 Å². The van der Waals surface area contributed by atoms with Crippen molar-refractivity contribution in [1.82, 2.24) is 14.7 Å². The minimum Gasteiger partial charge on any atom is -0.365 e. The zero-order valence-electron chi connectivity index (χ0n) is 11.5. The molecule has 4 rings (SSSR count). The molecule has 1 aliphatic rings. The van der Waals surface area contributed by atoms with Crippen molar-refractivity contribution in [2.75, 3.05) is 0 Å². The molecule has 0 spiro atoms. The summed E-state index contributed by atoms with van der Waals surface area (Å²) in [6.07, 6.45) is 6.09. The van der Waals surface area contributed by atoms with E-state index in [2.05, 4.69) is 34.8 Å². The summed E-state index contributed by atoms with van der Waals surface area (Å²) in [7, 11) is 0. The van der Waals surface area contributed by atoms with E-state index in [0.29, 0.717) is 6.04 Å². The average Bonchev–Trinajstić information content (AvgIpc) is 3.02. The van der Waals surface area contributed by atoms with Crippen molar-refractivity contribution >= 4 is 11.0 Å². The van der Waals surface area contributed by atoms with Crippen molar-refractivity contribution in [3.8, 4) is 0 Å². The fraction of sp³-hybridized carbons (Fsp3) is 0.375. The Bertz CT molecular complexity index is 739. The fourth-order valence-electron chi connectivity index (χ4n) is 2.85. The van der Waals surface area contributed by atoms with Gasteiger partial charge in [-0.15, -0.1) is 0 Å². The van der Waals surface area contributed by atoms with Gasteiger partial charge in [0.25, 0.3) is 0 Å². The molecule has 0 saturated heterocycles. The largest absolute Gasteiger partial charge is 0.365 e. The van der Waals surface area contributed by atoms with Gasteiger partial charge in [-0.2, -0.15) is 0 Å². The molecule has 102 valence electrons. The quantitative estimate of drug-likeness (QED) is 0.727. The zero-order valence-corrected chi connectivity index (χ0v) is 11.5. The smallest absolute Gasteiger partial charge is 0.124 e. The van der Waals surface area contributed by atoms with E-state index in [-0.39, 0.29) is 0 Å². The van der Waals surface area contributed by atoms with Crippen LogP contribution in [0.25, 0.3) is 11.0 Å². The van der Waals surface area contributed by atoms with Gasteiger partial charge in [0.1, 0.15) is 12.1 Å². The highest BCUT2D eigenvalue weighted by atomic mass is 16.5. The Labute approximate surface area is 117 Å². The van der Waals surface area contributed by atoms with Crippen LogP contribution in [0.2, 0.25) is 0 Å². The van der Waals surface area contributed by atoms with Crippen molar-refractivity contribution in [1.29, 1.82) is 0 Å². The molecule has 4 nitrogen and oxygen atoms in total. The van der Waals surface area contributed by atoms with E-state index in [0.717, 1.165) is 29.9 Å². The van der Waals surface area contributed by atoms with Gasteiger partial charge in [0.15, 0.2) is 0 Å². The number of fused-ring (bicyclic) bond motifs is 1. The molecule has 1 aromatic carbocycles. The molecule has 1 aliphatic carbocycles. The first-order valence-electron chi connectivity index (χ1n) is 7.18. The molecular formula is C16H17N3O. The number of aromatic nitrogens is 3. The van der Waals surface area contributed by atoms with Gasteiger partial charge < -0.3 is 9.09 Å². The number of rotatable bonds is 4. The van der Waals surface area contributed by atoms with E-state index in [1.165, 1.54) is 23.9 Å². The lowest BCUT2D eigenvalue weighted by molar-refractivity contribution is 0.411. The lowest BCUT2D eigenvalue weighted by atomic mass is 10.1. The van der Waals surface area contributed by atoms with Gasteiger partial charge in [-0.3, -0.25) is 0 Å². The van der Waals surface area contributed by atoms with E-state index >= 15 is 0 Å². The lowest BCUT2D eigenvalue weighted by Crippen LogP contribution is -1.96. The Balaban J connectivity index is 1.62. The topological polar surface area (TPSA) is 43.9 Å². The van der Waals surface area contributed by atoms with Crippen LogP contribution in [-0.2, 0) is 12.8 Å². The van der Waals surface area contributed by atoms with Crippen LogP contribution in [0.1, 0.15) is 36.0 Å². The summed E-state index contributed by atoms with van der Waals surface area (Å²) in [4.78, 5) is 4.71. The predicted molar refractivity (Wildman–Crippen MR) is 76.7 cm³/mol. The van der Waals surface area contributed by atoms with Gasteiger partial charge in [0.05, 0.1) is 16.7 Å². The third-order valence-corrected chi connectivity index (χ3v) is 4.00. The minimum atomic E-state index is 0.681. The van der Waals surface area contributed by atoms with E-state index in [1.54, 1.807) is 6.26 Å². The Morgan fingerprint density at radius 1 is 1.25 bits per heavy atom. The monoisotopic (exact) mass is 267 g/mol. The number of nitrogens with zero attached hydrogens (tertiary/aromatic N) is 3. The number of hydrogen-bond donors (Lipinski definition) is 0. The first-order chi connectivity index (χ1) is 9.81. The molecule has 2 aromatic heterocycles. The van der Waals surface area contributed by atoms with Gasteiger partial charge in [-0.25, -0.2) is 4.98 Å². The van der Waals surface area contributed by atoms with Crippen molar-refractivity contribution in [3.63, 3.8) is 0 Å². The van der Waals surface area contributed by atoms with Crippen LogP contribution in [0.5, 0.6) is 0 Å². The van der Waals surface area contributed by atoms with Crippen molar-refractivity contribution < 1.29 is 4.52 Å². The molecule has 0 bridgehead atoms. The summed E-state index contributed by atoms with van der Waals surface area (Å²) in [6, 6.07) is 9.24. The average molecular weight is 267 g/mol. The third kappa shape index (κ3) is 2.01. The number of imidazole rings is 1. The molecule has 3 aromatic rings. The molecule has 20 heavy (non-hydrogen) atoms. The van der Waals surface area contributed by atoms with Crippen LogP contribution >= 0.6 is 0 Å². The summed E-state index contributed by atoms with van der Waals surface area (Å²) in [5.41, 5.74) is 4.70. The number of hydrogen-bond acceptors (Lipinski definition) is 3. The molecule has 0 radical (unpaired) electrons. The summed E-state index contributed by atoms with van der Waals surface area (Å²) in [5, 5.41) is 3.95. The highest BCUT2D eigenvalue weighted by Crippen LogP contribution is 2.38. The van der Waals surface area contributed by atoms with Crippen molar-refractivity contribution in [2.45, 2.75) is 38.6 Å². The molecular weight excluding hydrogens is 250 g/mol. The third-order valence-electron chi connectivity index (χ3n) is 4.00. The first-order valence-corrected chi connectivity index (χ1v) is 7.18. The van der Waals surface area contributed by atoms with Crippen LogP contribution in [0.4, 0.5) is 0 Å². The molecule has 1 saturated carbocycles. The fourth-order valence-corrected chi connectivity index (χ4v) is 2.85. The summed E-state index contributed by atoms with van der Waals surface area (Å²) in [5.74, 6) is 1.14. The van der Waals surface area contributed by atoms with E-state index in [9.17, 15) is 0 Å². The normalized spacial score (nSPS) is 15.1. The molecule has 0 aliphatic heterocycles. The molecule has 4 heteroatoms. The number of benzene rings is 1. The lowest BCUT2D eigenvalue weighted by Gasteiger charge is -2.04. The highest BCUT2D eigenvalue weighted by molar-refractivity contribution is 5.77. The standard InChI is InChI=1S/C16H17N3O/c1-11-17-15-10-12(2-4-13-8-9-20-18-13)3-7-16(15)19(11)14-5-6-14/h3,7-10,14H,2,4-6H2,1H3. The predicted octanol–water partition coefficient (Wildman–Crippen LogP) is 3.45. The second kappa shape index (κ2) is 4.47. The van der Waals surface area contributed by atoms with Gasteiger partial charge in [0.2, 0.25) is 0 Å². The molecule has 0 unspecified atom stereocenters. The molecule has 0 N–H and O–H groups in total.